The predicted molar refractivity (Wildman–Crippen MR) is 74.8 cm³/mol. The molecule has 0 unspecified atom stereocenters. The van der Waals surface area contributed by atoms with Gasteiger partial charge < -0.3 is 14.4 Å². The molecule has 5 heteroatoms. The second-order valence-corrected chi connectivity index (χ2v) is 4.55. The van der Waals surface area contributed by atoms with Crippen molar-refractivity contribution in [2.45, 2.75) is 26.2 Å². The SMILES string of the molecule is CCOC(=O)CCOc1cccc(N2CCCC2=O)c1. The van der Waals surface area contributed by atoms with Crippen LogP contribution in [-0.4, -0.2) is 31.6 Å². The number of carbonyl (C=O) groups excluding carboxylic acids is 2. The first-order valence-corrected chi connectivity index (χ1v) is 6.89. The van der Waals surface area contributed by atoms with E-state index in [0.29, 0.717) is 18.8 Å². The Labute approximate surface area is 118 Å². The van der Waals surface area contributed by atoms with E-state index in [1.54, 1.807) is 11.8 Å². The number of anilines is 1. The zero-order valence-electron chi connectivity index (χ0n) is 11.6. The van der Waals surface area contributed by atoms with E-state index in [4.69, 9.17) is 9.47 Å². The fourth-order valence-corrected chi connectivity index (χ4v) is 2.15. The van der Waals surface area contributed by atoms with Gasteiger partial charge in [-0.05, 0) is 25.5 Å². The van der Waals surface area contributed by atoms with Gasteiger partial charge in [-0.3, -0.25) is 9.59 Å². The predicted octanol–water partition coefficient (Wildman–Crippen LogP) is 2.15. The van der Waals surface area contributed by atoms with Crippen molar-refractivity contribution in [3.63, 3.8) is 0 Å². The van der Waals surface area contributed by atoms with Gasteiger partial charge in [0.05, 0.1) is 19.6 Å². The second kappa shape index (κ2) is 6.93. The van der Waals surface area contributed by atoms with Crippen molar-refractivity contribution >= 4 is 17.6 Å². The highest BCUT2D eigenvalue weighted by Crippen LogP contribution is 2.25. The molecule has 2 rings (SSSR count). The van der Waals surface area contributed by atoms with Crippen LogP contribution in [-0.2, 0) is 14.3 Å². The minimum atomic E-state index is -0.265. The first-order valence-electron chi connectivity index (χ1n) is 6.89. The monoisotopic (exact) mass is 277 g/mol. The highest BCUT2D eigenvalue weighted by atomic mass is 16.5. The first-order chi connectivity index (χ1) is 9.70. The Morgan fingerprint density at radius 1 is 1.40 bits per heavy atom. The number of benzene rings is 1. The van der Waals surface area contributed by atoms with Crippen molar-refractivity contribution in [3.8, 4) is 5.75 Å². The first kappa shape index (κ1) is 14.4. The quantitative estimate of drug-likeness (QED) is 0.748. The second-order valence-electron chi connectivity index (χ2n) is 4.55. The van der Waals surface area contributed by atoms with E-state index in [1.807, 2.05) is 24.3 Å². The molecule has 0 N–H and O–H groups in total. The lowest BCUT2D eigenvalue weighted by molar-refractivity contribution is -0.143. The fourth-order valence-electron chi connectivity index (χ4n) is 2.15. The zero-order chi connectivity index (χ0) is 14.4. The third-order valence-electron chi connectivity index (χ3n) is 3.08. The lowest BCUT2D eigenvalue weighted by atomic mass is 10.3. The summed E-state index contributed by atoms with van der Waals surface area (Å²) in [5.41, 5.74) is 0.848. The molecule has 5 nitrogen and oxygen atoms in total. The van der Waals surface area contributed by atoms with Crippen LogP contribution in [0.4, 0.5) is 5.69 Å². The molecular formula is C15H19NO4. The number of hydrogen-bond acceptors (Lipinski definition) is 4. The number of esters is 1. The molecule has 1 aromatic carbocycles. The number of rotatable bonds is 6. The normalized spacial score (nSPS) is 14.4. The van der Waals surface area contributed by atoms with Crippen molar-refractivity contribution < 1.29 is 19.1 Å². The van der Waals surface area contributed by atoms with E-state index in [0.717, 1.165) is 18.7 Å². The molecule has 1 saturated heterocycles. The van der Waals surface area contributed by atoms with E-state index < -0.39 is 0 Å². The molecule has 0 aliphatic carbocycles. The van der Waals surface area contributed by atoms with E-state index in [9.17, 15) is 9.59 Å². The highest BCUT2D eigenvalue weighted by molar-refractivity contribution is 5.95. The Bertz CT molecular complexity index is 487. The summed E-state index contributed by atoms with van der Waals surface area (Å²) in [6.45, 7) is 3.18. The van der Waals surface area contributed by atoms with Crippen LogP contribution in [0.15, 0.2) is 24.3 Å². The van der Waals surface area contributed by atoms with Crippen molar-refractivity contribution in [1.29, 1.82) is 0 Å². The van der Waals surface area contributed by atoms with Crippen LogP contribution in [0.3, 0.4) is 0 Å². The minimum Gasteiger partial charge on any atom is -0.493 e. The van der Waals surface area contributed by atoms with Gasteiger partial charge in [0.1, 0.15) is 5.75 Å². The average molecular weight is 277 g/mol. The van der Waals surface area contributed by atoms with Crippen molar-refractivity contribution in [1.82, 2.24) is 0 Å². The molecule has 0 saturated carbocycles. The Morgan fingerprint density at radius 3 is 2.95 bits per heavy atom. The van der Waals surface area contributed by atoms with Gasteiger partial charge in [0.25, 0.3) is 0 Å². The topological polar surface area (TPSA) is 55.8 Å². The molecule has 1 heterocycles. The van der Waals surface area contributed by atoms with E-state index in [-0.39, 0.29) is 24.9 Å². The van der Waals surface area contributed by atoms with Gasteiger partial charge in [-0.1, -0.05) is 6.07 Å². The van der Waals surface area contributed by atoms with E-state index >= 15 is 0 Å². The van der Waals surface area contributed by atoms with Crippen molar-refractivity contribution in [2.75, 3.05) is 24.7 Å². The molecule has 0 aromatic heterocycles. The van der Waals surface area contributed by atoms with Crippen LogP contribution in [0, 0.1) is 0 Å². The lowest BCUT2D eigenvalue weighted by Gasteiger charge is -2.16. The Kier molecular flexibility index (Phi) is 4.98. The van der Waals surface area contributed by atoms with E-state index in [1.165, 1.54) is 0 Å². The van der Waals surface area contributed by atoms with E-state index in [2.05, 4.69) is 0 Å². The zero-order valence-corrected chi connectivity index (χ0v) is 11.6. The Balaban J connectivity index is 1.89. The molecule has 0 atom stereocenters. The van der Waals surface area contributed by atoms with Crippen molar-refractivity contribution in [2.24, 2.45) is 0 Å². The van der Waals surface area contributed by atoms with Crippen LogP contribution in [0.25, 0.3) is 0 Å². The van der Waals surface area contributed by atoms with Crippen molar-refractivity contribution in [3.05, 3.63) is 24.3 Å². The Morgan fingerprint density at radius 2 is 2.25 bits per heavy atom. The summed E-state index contributed by atoms with van der Waals surface area (Å²) in [6, 6.07) is 7.38. The largest absolute Gasteiger partial charge is 0.493 e. The summed E-state index contributed by atoms with van der Waals surface area (Å²) in [5.74, 6) is 0.540. The number of nitrogens with zero attached hydrogens (tertiary/aromatic N) is 1. The van der Waals surface area contributed by atoms with Crippen LogP contribution in [0.5, 0.6) is 5.75 Å². The molecule has 1 aliphatic heterocycles. The third kappa shape index (κ3) is 3.73. The summed E-state index contributed by atoms with van der Waals surface area (Å²) >= 11 is 0. The summed E-state index contributed by atoms with van der Waals surface area (Å²) in [6.07, 6.45) is 1.72. The average Bonchev–Trinajstić information content (AvgIpc) is 2.86. The van der Waals surface area contributed by atoms with Gasteiger partial charge in [-0.25, -0.2) is 0 Å². The van der Waals surface area contributed by atoms with Crippen LogP contribution >= 0.6 is 0 Å². The summed E-state index contributed by atoms with van der Waals surface area (Å²) in [7, 11) is 0. The Hall–Kier alpha value is -2.04. The molecule has 1 amide bonds. The number of ether oxygens (including phenoxy) is 2. The maximum atomic E-state index is 11.7. The van der Waals surface area contributed by atoms with Gasteiger partial charge in [0.15, 0.2) is 0 Å². The molecule has 1 fully saturated rings. The summed E-state index contributed by atoms with van der Waals surface area (Å²) in [5, 5.41) is 0. The van der Waals surface area contributed by atoms with Crippen LogP contribution in [0.1, 0.15) is 26.2 Å². The molecule has 1 aromatic rings. The number of amides is 1. The molecule has 108 valence electrons. The summed E-state index contributed by atoms with van der Waals surface area (Å²) in [4.78, 5) is 24.6. The van der Waals surface area contributed by atoms with Gasteiger partial charge in [-0.15, -0.1) is 0 Å². The number of carbonyl (C=O) groups is 2. The molecule has 0 spiro atoms. The van der Waals surface area contributed by atoms with Crippen LogP contribution in [0.2, 0.25) is 0 Å². The molecule has 0 radical (unpaired) electrons. The summed E-state index contributed by atoms with van der Waals surface area (Å²) < 4.78 is 10.3. The molecular weight excluding hydrogens is 258 g/mol. The molecule has 20 heavy (non-hydrogen) atoms. The smallest absolute Gasteiger partial charge is 0.309 e. The van der Waals surface area contributed by atoms with Crippen LogP contribution < -0.4 is 9.64 Å². The maximum absolute atomic E-state index is 11.7. The standard InChI is InChI=1S/C15H19NO4/c1-2-19-15(18)8-10-20-13-6-3-5-12(11-13)16-9-4-7-14(16)17/h3,5-6,11H,2,4,7-10H2,1H3. The minimum absolute atomic E-state index is 0.147. The third-order valence-corrected chi connectivity index (χ3v) is 3.08. The maximum Gasteiger partial charge on any atom is 0.309 e. The number of hydrogen-bond donors (Lipinski definition) is 0. The highest BCUT2D eigenvalue weighted by Gasteiger charge is 2.21. The molecule has 0 bridgehead atoms. The van der Waals surface area contributed by atoms with Gasteiger partial charge >= 0.3 is 5.97 Å². The fraction of sp³-hybridized carbons (Fsp3) is 0.467. The van der Waals surface area contributed by atoms with Gasteiger partial charge in [0, 0.05) is 24.7 Å². The molecule has 1 aliphatic rings. The van der Waals surface area contributed by atoms with Gasteiger partial charge in [0.2, 0.25) is 5.91 Å². The van der Waals surface area contributed by atoms with Gasteiger partial charge in [-0.2, -0.15) is 0 Å². The lowest BCUT2D eigenvalue weighted by Crippen LogP contribution is -2.23.